The first-order valence-electron chi connectivity index (χ1n) is 33.4. The molecule has 7 fully saturated rings. The quantitative estimate of drug-likeness (QED) is 0.0447. The third kappa shape index (κ3) is 17.4. The Balaban J connectivity index is 0.000000195. The zero-order valence-electron chi connectivity index (χ0n) is 58.6. The smallest absolute Gasteiger partial charge is 0.410 e. The molecule has 0 bridgehead atoms. The van der Waals surface area contributed by atoms with Crippen LogP contribution in [0, 0.1) is 0 Å². The Morgan fingerprint density at radius 2 is 0.869 bits per heavy atom. The molecule has 0 radical (unpaired) electrons. The maximum Gasteiger partial charge on any atom is 0.410 e. The van der Waals surface area contributed by atoms with Crippen molar-refractivity contribution in [1.82, 2.24) is 44.9 Å². The third-order valence-corrected chi connectivity index (χ3v) is 17.7. The number of nitrogens with two attached hydrogens (primary N) is 1. The second kappa shape index (κ2) is 30.0. The van der Waals surface area contributed by atoms with Gasteiger partial charge in [0.1, 0.15) is 77.1 Å². The van der Waals surface area contributed by atoms with Crippen LogP contribution >= 0.6 is 0 Å². The minimum absolute atomic E-state index is 0.0292. The predicted molar refractivity (Wildman–Crippen MR) is 352 cm³/mol. The van der Waals surface area contributed by atoms with Crippen LogP contribution in [-0.2, 0) is 71.6 Å². The van der Waals surface area contributed by atoms with Crippen LogP contribution in [0.1, 0.15) is 147 Å². The molecule has 7 saturated heterocycles. The van der Waals surface area contributed by atoms with Gasteiger partial charge in [-0.25, -0.2) is 33.6 Å². The van der Waals surface area contributed by atoms with Crippen LogP contribution < -0.4 is 16.4 Å². The Labute approximate surface area is 575 Å². The molecule has 8 atom stereocenters. The van der Waals surface area contributed by atoms with Gasteiger partial charge in [-0.15, -0.1) is 0 Å². The highest BCUT2D eigenvalue weighted by atomic mass is 16.6. The first-order valence-corrected chi connectivity index (χ1v) is 33.4. The van der Waals surface area contributed by atoms with E-state index in [0.29, 0.717) is 132 Å². The molecule has 5 N–H and O–H groups in total. The van der Waals surface area contributed by atoms with E-state index in [0.717, 1.165) is 0 Å². The Bertz CT molecular complexity index is 3500. The highest BCUT2D eigenvalue weighted by molar-refractivity contribution is 6.06. The average molecular weight is 1380 g/mol. The van der Waals surface area contributed by atoms with Crippen LogP contribution in [0.25, 0.3) is 0 Å². The van der Waals surface area contributed by atoms with Crippen LogP contribution in [0.5, 0.6) is 0 Å². The molecule has 0 aliphatic carbocycles. The average Bonchev–Trinajstić information content (AvgIpc) is 1.74. The molecule has 99 heavy (non-hydrogen) atoms. The molecule has 10 aliphatic rings. The van der Waals surface area contributed by atoms with Crippen LogP contribution in [0.15, 0.2) is 82.4 Å². The molecule has 540 valence electrons. The van der Waals surface area contributed by atoms with Crippen LogP contribution in [0.4, 0.5) is 19.2 Å². The number of carbonyl (C=O) groups is 13. The monoisotopic (exact) mass is 1380 g/mol. The molecule has 0 spiro atoms. The summed E-state index contributed by atoms with van der Waals surface area (Å²) in [6, 6.07) is -3.62. The summed E-state index contributed by atoms with van der Waals surface area (Å²) in [7, 11) is 0. The molecule has 9 amide bonds. The van der Waals surface area contributed by atoms with Gasteiger partial charge in [0.2, 0.25) is 17.7 Å². The molecule has 30 heteroatoms. The number of carboxylic acid groups (broad SMARTS) is 1. The number of hydrogen-bond acceptors (Lipinski definition) is 20. The standard InChI is InChI=1S/C30H42N4O8.C21H26N4O6.C18H26N2O6/c1-8-15-40-28(39)32-13-12-20(17-32)33-14-11-19(24(33)35)16-18-9-10-21-22(31-27(38)42-30(5,6)7)25(36)34(21)23(18)26(37)41-29(2,3)4;1-2-9-31-21(30)23-7-6-14(11-23)24-8-5-13(18(24)26)10-12-3-4-15-16(22)19(27)25(15)17(12)20(28)29;1-17(2,3)25-15(23)13-10(9-21)7-8-11-12(14(22)20(11)13)19-16(24)26-18(4,5)6/h8,16,20-22H,1,9-15,17H2,2-7H3,(H,31,38);2,10,14-16H,1,3-9,11,22H2,(H,28,29);9,11-12H,7-8H2,1-6H3,(H,19,24)/b19-16-;13-10-;/t20-,21-,22+;14-,15-,16+;11-,12+/m111/s1. The molecular formula is C69H94N10O20. The molecule has 10 heterocycles. The number of carboxylic acids is 1. The van der Waals surface area contributed by atoms with E-state index in [9.17, 15) is 67.4 Å². The third-order valence-electron chi connectivity index (χ3n) is 17.7. The SMILES string of the molecule is C=CCOC(=O)N1CC[C@@H](N2CC/C(=C/C3=C(C(=O)O)N4C(=O)[C@@H](N)[C@H]4CC3)C2=O)C1.C=CCOC(=O)N1CC[C@@H](N2CC/C(=C/C3=C(C(=O)OC(C)(C)C)N4C(=O)[C@@H](NC(=O)OC(C)(C)C)[C@H]4CC3)C2=O)C1.CC(C)(C)OC(=O)N[C@@H]1C(=O)N2C(C(=O)OC(C)(C)C)=C(C=O)CC[C@H]12. The number of carbonyl (C=O) groups excluding carboxylic acids is 12. The van der Waals surface area contributed by atoms with Gasteiger partial charge in [-0.3, -0.25) is 43.5 Å². The summed E-state index contributed by atoms with van der Waals surface area (Å²) in [4.78, 5) is 173. The first-order chi connectivity index (χ1) is 46.3. The largest absolute Gasteiger partial charge is 0.477 e. The minimum Gasteiger partial charge on any atom is -0.477 e. The van der Waals surface area contributed by atoms with E-state index in [-0.39, 0.29) is 65.8 Å². The van der Waals surface area contributed by atoms with Gasteiger partial charge in [-0.1, -0.05) is 25.3 Å². The first kappa shape index (κ1) is 75.4. The Kier molecular flexibility index (Phi) is 22.9. The van der Waals surface area contributed by atoms with Crippen molar-refractivity contribution >= 4 is 78.1 Å². The second-order valence-corrected chi connectivity index (χ2v) is 29.6. The van der Waals surface area contributed by atoms with E-state index in [1.54, 1.807) is 115 Å². The minimum atomic E-state index is -1.19. The number of esters is 2. The van der Waals surface area contributed by atoms with E-state index in [2.05, 4.69) is 23.8 Å². The molecule has 0 aromatic heterocycles. The number of nitrogens with zero attached hydrogens (tertiary/aromatic N) is 7. The molecule has 10 rings (SSSR count). The van der Waals surface area contributed by atoms with Crippen LogP contribution in [-0.4, -0.2) is 241 Å². The maximum absolute atomic E-state index is 13.5. The van der Waals surface area contributed by atoms with E-state index >= 15 is 0 Å². The van der Waals surface area contributed by atoms with E-state index < -0.39 is 113 Å². The number of alkyl carbamates (subject to hydrolysis) is 2. The Hall–Kier alpha value is -9.35. The van der Waals surface area contributed by atoms with Crippen molar-refractivity contribution in [3.05, 3.63) is 82.4 Å². The van der Waals surface area contributed by atoms with E-state index in [4.69, 9.17) is 34.2 Å². The summed E-state index contributed by atoms with van der Waals surface area (Å²) >= 11 is 0. The second-order valence-electron chi connectivity index (χ2n) is 29.6. The number of β-lactam (4-membered cyclic amide) rings is 3. The zero-order valence-corrected chi connectivity index (χ0v) is 58.6. The number of aldehydes is 1. The highest BCUT2D eigenvalue weighted by Gasteiger charge is 2.57. The lowest BCUT2D eigenvalue weighted by Crippen LogP contribution is -2.72. The number of allylic oxidation sites excluding steroid dienone is 5. The summed E-state index contributed by atoms with van der Waals surface area (Å²) in [5, 5.41) is 14.9. The number of likely N-dealkylation sites (tertiary alicyclic amines) is 4. The Morgan fingerprint density at radius 3 is 1.24 bits per heavy atom. The predicted octanol–water partition coefficient (Wildman–Crippen LogP) is 4.93. The Morgan fingerprint density at radius 1 is 0.505 bits per heavy atom. The molecule has 10 aliphatic heterocycles. The van der Waals surface area contributed by atoms with Gasteiger partial charge in [0.25, 0.3) is 11.8 Å². The normalized spacial score (nSPS) is 26.0. The maximum atomic E-state index is 13.5. The van der Waals surface area contributed by atoms with Crippen molar-refractivity contribution < 1.29 is 95.9 Å². The zero-order chi connectivity index (χ0) is 73.1. The van der Waals surface area contributed by atoms with Crippen molar-refractivity contribution in [2.24, 2.45) is 5.73 Å². The van der Waals surface area contributed by atoms with Crippen LogP contribution in [0.3, 0.4) is 0 Å². The summed E-state index contributed by atoms with van der Waals surface area (Å²) in [6.07, 6.45) is 9.67. The molecule has 0 saturated carbocycles. The lowest BCUT2D eigenvalue weighted by atomic mass is 9.83. The number of amides is 9. The van der Waals surface area contributed by atoms with Crippen LogP contribution in [0.2, 0.25) is 0 Å². The number of fused-ring (bicyclic) bond motifs is 3. The fraction of sp³-hybridized carbons (Fsp3) is 0.609. The van der Waals surface area contributed by atoms with Gasteiger partial charge < -0.3 is 69.5 Å². The molecule has 0 aromatic rings. The summed E-state index contributed by atoms with van der Waals surface area (Å²) in [5.74, 6) is -4.16. The lowest BCUT2D eigenvalue weighted by molar-refractivity contribution is -0.162. The van der Waals surface area contributed by atoms with Gasteiger partial charge in [0, 0.05) is 56.0 Å². The fourth-order valence-corrected chi connectivity index (χ4v) is 13.5. The number of hydrogen-bond donors (Lipinski definition) is 4. The highest BCUT2D eigenvalue weighted by Crippen LogP contribution is 2.42. The lowest BCUT2D eigenvalue weighted by Gasteiger charge is -2.50. The molecular weight excluding hydrogens is 1290 g/mol. The van der Waals surface area contributed by atoms with Crippen molar-refractivity contribution in [3.8, 4) is 0 Å². The van der Waals surface area contributed by atoms with E-state index in [1.807, 2.05) is 0 Å². The van der Waals surface area contributed by atoms with E-state index in [1.165, 1.54) is 26.9 Å². The summed E-state index contributed by atoms with van der Waals surface area (Å²) in [5.41, 5.74) is 5.15. The fourth-order valence-electron chi connectivity index (χ4n) is 13.5. The van der Waals surface area contributed by atoms with Gasteiger partial charge in [0.05, 0.1) is 30.2 Å². The van der Waals surface area contributed by atoms with Gasteiger partial charge >= 0.3 is 42.3 Å². The van der Waals surface area contributed by atoms with Crippen molar-refractivity contribution in [1.29, 1.82) is 0 Å². The molecule has 0 aromatic carbocycles. The van der Waals surface area contributed by atoms with Crippen molar-refractivity contribution in [2.45, 2.75) is 218 Å². The van der Waals surface area contributed by atoms with Gasteiger partial charge in [-0.05, 0) is 171 Å². The number of aliphatic carboxylic acids is 1. The number of nitrogens with one attached hydrogen (secondary N) is 2. The van der Waals surface area contributed by atoms with Crippen molar-refractivity contribution in [2.75, 3.05) is 52.5 Å². The molecule has 0 unspecified atom stereocenters. The number of rotatable bonds is 14. The summed E-state index contributed by atoms with van der Waals surface area (Å²) in [6.45, 7) is 30.8. The van der Waals surface area contributed by atoms with Gasteiger partial charge in [-0.2, -0.15) is 0 Å². The van der Waals surface area contributed by atoms with Gasteiger partial charge in [0.15, 0.2) is 0 Å². The van der Waals surface area contributed by atoms with Crippen molar-refractivity contribution in [3.63, 3.8) is 0 Å². The summed E-state index contributed by atoms with van der Waals surface area (Å²) < 4.78 is 31.7. The topological polar surface area (TPSA) is 370 Å². The number of ether oxygens (including phenoxy) is 6. The molecule has 30 nitrogen and oxygen atoms in total.